The summed E-state index contributed by atoms with van der Waals surface area (Å²) < 4.78 is 14.7. The molecule has 122 valence electrons. The van der Waals surface area contributed by atoms with Crippen molar-refractivity contribution >= 4 is 28.3 Å². The first-order valence-electron chi connectivity index (χ1n) is 6.59. The fraction of sp³-hybridized carbons (Fsp3) is 0.286. The van der Waals surface area contributed by atoms with Gasteiger partial charge in [0, 0.05) is 6.07 Å². The minimum Gasteiger partial charge on any atom is -0.490 e. The van der Waals surface area contributed by atoms with Crippen molar-refractivity contribution in [3.63, 3.8) is 0 Å². The third kappa shape index (κ3) is 3.75. The van der Waals surface area contributed by atoms with Crippen molar-refractivity contribution in [1.82, 2.24) is 4.98 Å². The van der Waals surface area contributed by atoms with Crippen molar-refractivity contribution < 1.29 is 23.5 Å². The first-order chi connectivity index (χ1) is 11.0. The van der Waals surface area contributed by atoms with Crippen LogP contribution >= 0.6 is 11.3 Å². The van der Waals surface area contributed by atoms with Gasteiger partial charge in [-0.25, -0.2) is 9.78 Å². The average Bonchev–Trinajstić information content (AvgIpc) is 2.88. The predicted octanol–water partition coefficient (Wildman–Crippen LogP) is 1.84. The second-order valence-electron chi connectivity index (χ2n) is 4.29. The van der Waals surface area contributed by atoms with Gasteiger partial charge in [-0.15, -0.1) is 0 Å². The summed E-state index contributed by atoms with van der Waals surface area (Å²) in [7, 11) is 1.32. The van der Waals surface area contributed by atoms with E-state index in [1.807, 2.05) is 0 Å². The number of amides is 1. The summed E-state index contributed by atoms with van der Waals surface area (Å²) in [6.07, 6.45) is 1.05. The zero-order valence-electron chi connectivity index (χ0n) is 12.7. The van der Waals surface area contributed by atoms with Crippen LogP contribution in [0, 0.1) is 6.92 Å². The highest BCUT2D eigenvalue weighted by Gasteiger charge is 2.19. The summed E-state index contributed by atoms with van der Waals surface area (Å²) in [5.41, 5.74) is -0.0358. The molecular formula is C14H14N2O6S. The Morgan fingerprint density at radius 3 is 2.78 bits per heavy atom. The van der Waals surface area contributed by atoms with E-state index in [0.717, 1.165) is 23.7 Å². The number of ether oxygens (including phenoxy) is 2. The van der Waals surface area contributed by atoms with Crippen LogP contribution in [0.2, 0.25) is 0 Å². The summed E-state index contributed by atoms with van der Waals surface area (Å²) in [4.78, 5) is 39.7. The van der Waals surface area contributed by atoms with E-state index in [9.17, 15) is 14.4 Å². The fourth-order valence-electron chi connectivity index (χ4n) is 1.66. The molecule has 0 saturated heterocycles. The van der Waals surface area contributed by atoms with Crippen LogP contribution in [-0.2, 0) is 4.74 Å². The van der Waals surface area contributed by atoms with Crippen LogP contribution < -0.4 is 15.5 Å². The van der Waals surface area contributed by atoms with Gasteiger partial charge in [-0.1, -0.05) is 11.3 Å². The minimum atomic E-state index is -0.658. The molecule has 1 N–H and O–H groups in total. The molecule has 0 unspecified atom stereocenters. The van der Waals surface area contributed by atoms with Crippen LogP contribution in [0.5, 0.6) is 5.75 Å². The Bertz CT molecular complexity index is 795. The zero-order valence-corrected chi connectivity index (χ0v) is 13.5. The van der Waals surface area contributed by atoms with Crippen molar-refractivity contribution in [3.8, 4) is 5.75 Å². The molecule has 0 spiro atoms. The monoisotopic (exact) mass is 338 g/mol. The molecule has 0 radical (unpaired) electrons. The highest BCUT2D eigenvalue weighted by atomic mass is 32.1. The van der Waals surface area contributed by atoms with E-state index in [1.54, 1.807) is 13.8 Å². The Kier molecular flexibility index (Phi) is 5.12. The van der Waals surface area contributed by atoms with Gasteiger partial charge < -0.3 is 13.9 Å². The molecule has 1 amide bonds. The number of rotatable bonds is 5. The molecule has 0 bridgehead atoms. The molecule has 9 heteroatoms. The lowest BCUT2D eigenvalue weighted by Crippen LogP contribution is -2.15. The van der Waals surface area contributed by atoms with Gasteiger partial charge in [-0.2, -0.15) is 0 Å². The Balaban J connectivity index is 2.17. The molecule has 8 nitrogen and oxygen atoms in total. The number of esters is 1. The van der Waals surface area contributed by atoms with E-state index < -0.39 is 17.3 Å². The van der Waals surface area contributed by atoms with Crippen LogP contribution in [0.4, 0.5) is 5.13 Å². The molecular weight excluding hydrogens is 324 g/mol. The normalized spacial score (nSPS) is 10.2. The molecule has 0 aromatic carbocycles. The maximum atomic E-state index is 12.0. The maximum Gasteiger partial charge on any atom is 0.350 e. The summed E-state index contributed by atoms with van der Waals surface area (Å²) in [6, 6.07) is 1.01. The summed E-state index contributed by atoms with van der Waals surface area (Å²) >= 11 is 0.980. The van der Waals surface area contributed by atoms with Gasteiger partial charge in [0.1, 0.15) is 11.1 Å². The van der Waals surface area contributed by atoms with E-state index in [-0.39, 0.29) is 23.2 Å². The molecule has 0 saturated carbocycles. The van der Waals surface area contributed by atoms with Gasteiger partial charge in [0.15, 0.2) is 10.9 Å². The van der Waals surface area contributed by atoms with Gasteiger partial charge in [-0.05, 0) is 13.8 Å². The van der Waals surface area contributed by atoms with Crippen LogP contribution in [-0.4, -0.2) is 30.6 Å². The van der Waals surface area contributed by atoms with E-state index >= 15 is 0 Å². The van der Waals surface area contributed by atoms with Crippen LogP contribution in [0.25, 0.3) is 0 Å². The van der Waals surface area contributed by atoms with Gasteiger partial charge in [0.05, 0.1) is 19.4 Å². The smallest absolute Gasteiger partial charge is 0.350 e. The molecule has 0 aliphatic carbocycles. The van der Waals surface area contributed by atoms with Crippen molar-refractivity contribution in [2.75, 3.05) is 19.0 Å². The lowest BCUT2D eigenvalue weighted by atomic mass is 10.3. The van der Waals surface area contributed by atoms with Crippen LogP contribution in [0.15, 0.2) is 21.5 Å². The number of hydrogen-bond donors (Lipinski definition) is 1. The molecule has 0 aliphatic heterocycles. The number of hydrogen-bond acceptors (Lipinski definition) is 8. The third-order valence-corrected chi connectivity index (χ3v) is 3.77. The Morgan fingerprint density at radius 2 is 2.17 bits per heavy atom. The Labute approximate surface area is 135 Å². The van der Waals surface area contributed by atoms with E-state index in [1.165, 1.54) is 7.11 Å². The Morgan fingerprint density at radius 1 is 1.43 bits per heavy atom. The number of nitrogens with one attached hydrogen (secondary N) is 1. The van der Waals surface area contributed by atoms with E-state index in [2.05, 4.69) is 10.3 Å². The largest absolute Gasteiger partial charge is 0.490 e. The first-order valence-corrected chi connectivity index (χ1v) is 7.40. The van der Waals surface area contributed by atoms with Crippen molar-refractivity contribution in [1.29, 1.82) is 0 Å². The van der Waals surface area contributed by atoms with Crippen molar-refractivity contribution in [2.24, 2.45) is 0 Å². The molecule has 2 aromatic heterocycles. The number of carbonyl (C=O) groups excluding carboxylic acids is 2. The molecule has 2 aromatic rings. The lowest BCUT2D eigenvalue weighted by molar-refractivity contribution is 0.0531. The second-order valence-corrected chi connectivity index (χ2v) is 5.28. The lowest BCUT2D eigenvalue weighted by Gasteiger charge is -2.01. The van der Waals surface area contributed by atoms with Crippen LogP contribution in [0.1, 0.15) is 32.8 Å². The zero-order chi connectivity index (χ0) is 17.0. The number of nitrogens with zero attached hydrogens (tertiary/aromatic N) is 1. The number of methoxy groups -OCH3 is 1. The van der Waals surface area contributed by atoms with Gasteiger partial charge >= 0.3 is 5.97 Å². The number of aromatic nitrogens is 1. The number of aryl methyl sites for hydroxylation is 1. The topological polar surface area (TPSA) is 108 Å². The standard InChI is InChI=1S/C14H14N2O6S/c1-4-21-13(19)11-7(2)15-14(23-11)16-12(18)9-5-8(17)10(20-3)6-22-9/h5-6H,4H2,1-3H3,(H,15,16,18). The predicted molar refractivity (Wildman–Crippen MR) is 82.3 cm³/mol. The number of thiazole rings is 1. The van der Waals surface area contributed by atoms with E-state index in [4.69, 9.17) is 13.9 Å². The molecule has 0 aliphatic rings. The van der Waals surface area contributed by atoms with Gasteiger partial charge in [-0.3, -0.25) is 14.9 Å². The summed E-state index contributed by atoms with van der Waals surface area (Å²) in [5.74, 6) is -1.36. The molecule has 23 heavy (non-hydrogen) atoms. The fourth-order valence-corrected chi connectivity index (χ4v) is 2.52. The van der Waals surface area contributed by atoms with Gasteiger partial charge in [0.25, 0.3) is 5.91 Å². The minimum absolute atomic E-state index is 0.00348. The summed E-state index contributed by atoms with van der Waals surface area (Å²) in [6.45, 7) is 3.57. The molecule has 2 rings (SSSR count). The molecule has 2 heterocycles. The highest BCUT2D eigenvalue weighted by Crippen LogP contribution is 2.24. The summed E-state index contributed by atoms with van der Waals surface area (Å²) in [5, 5.41) is 2.67. The van der Waals surface area contributed by atoms with E-state index in [0.29, 0.717) is 10.6 Å². The number of carbonyl (C=O) groups is 2. The Hall–Kier alpha value is -2.68. The first kappa shape index (κ1) is 16.7. The van der Waals surface area contributed by atoms with Crippen molar-refractivity contribution in [3.05, 3.63) is 38.9 Å². The quantitative estimate of drug-likeness (QED) is 0.829. The van der Waals surface area contributed by atoms with Crippen LogP contribution in [0.3, 0.4) is 0 Å². The SMILES string of the molecule is CCOC(=O)c1sc(NC(=O)c2cc(=O)c(OC)co2)nc1C. The van der Waals surface area contributed by atoms with Crippen molar-refractivity contribution in [2.45, 2.75) is 13.8 Å². The molecule has 0 atom stereocenters. The molecule has 0 fully saturated rings. The second kappa shape index (κ2) is 7.05. The average molecular weight is 338 g/mol. The highest BCUT2D eigenvalue weighted by molar-refractivity contribution is 7.17. The van der Waals surface area contributed by atoms with Gasteiger partial charge in [0.2, 0.25) is 11.2 Å². The maximum absolute atomic E-state index is 12.0. The number of anilines is 1. The third-order valence-electron chi connectivity index (χ3n) is 2.72.